The third-order valence-corrected chi connectivity index (χ3v) is 7.87. The third-order valence-electron chi connectivity index (χ3n) is 5.40. The van der Waals surface area contributed by atoms with Gasteiger partial charge in [0.2, 0.25) is 10.0 Å². The van der Waals surface area contributed by atoms with Gasteiger partial charge in [-0.1, -0.05) is 64.0 Å². The SMILES string of the molecule is CCOC(=O)C[C@@H]1/C(=C\Br)CN(S(=O)(=O)c2ccc(C)cc2)[C@H]1Cc1ccccc1. The number of benzene rings is 2. The van der Waals surface area contributed by atoms with Crippen molar-refractivity contribution in [2.24, 2.45) is 5.92 Å². The molecule has 0 amide bonds. The molecule has 1 aliphatic heterocycles. The van der Waals surface area contributed by atoms with Gasteiger partial charge in [0.15, 0.2) is 0 Å². The number of aryl methyl sites for hydroxylation is 1. The van der Waals surface area contributed by atoms with E-state index in [1.165, 1.54) is 4.31 Å². The molecule has 5 nitrogen and oxygen atoms in total. The second kappa shape index (κ2) is 9.90. The summed E-state index contributed by atoms with van der Waals surface area (Å²) in [6.07, 6.45) is 0.656. The first-order valence-electron chi connectivity index (χ1n) is 9.94. The fourth-order valence-corrected chi connectivity index (χ4v) is 5.98. The molecule has 0 radical (unpaired) electrons. The van der Waals surface area contributed by atoms with Crippen LogP contribution in [-0.4, -0.2) is 37.9 Å². The fraction of sp³-hybridized carbons (Fsp3) is 0.348. The zero-order valence-corrected chi connectivity index (χ0v) is 19.5. The van der Waals surface area contributed by atoms with Crippen molar-refractivity contribution in [1.82, 2.24) is 4.31 Å². The highest BCUT2D eigenvalue weighted by molar-refractivity contribution is 9.11. The van der Waals surface area contributed by atoms with Gasteiger partial charge in [0.1, 0.15) is 0 Å². The average Bonchev–Trinajstić information content (AvgIpc) is 3.07. The lowest BCUT2D eigenvalue weighted by Crippen LogP contribution is -2.40. The van der Waals surface area contributed by atoms with Crippen molar-refractivity contribution in [2.75, 3.05) is 13.2 Å². The molecule has 0 aliphatic carbocycles. The van der Waals surface area contributed by atoms with Crippen molar-refractivity contribution in [3.8, 4) is 0 Å². The van der Waals surface area contributed by atoms with Gasteiger partial charge in [0.05, 0.1) is 17.9 Å². The van der Waals surface area contributed by atoms with Crippen molar-refractivity contribution in [3.63, 3.8) is 0 Å². The minimum atomic E-state index is -3.73. The Kier molecular flexibility index (Phi) is 7.50. The largest absolute Gasteiger partial charge is 0.466 e. The highest BCUT2D eigenvalue weighted by Crippen LogP contribution is 2.38. The van der Waals surface area contributed by atoms with Crippen LogP contribution in [0.25, 0.3) is 0 Å². The van der Waals surface area contributed by atoms with E-state index in [2.05, 4.69) is 15.9 Å². The number of hydrogen-bond acceptors (Lipinski definition) is 4. The van der Waals surface area contributed by atoms with E-state index >= 15 is 0 Å². The van der Waals surface area contributed by atoms with E-state index in [9.17, 15) is 13.2 Å². The first-order valence-corrected chi connectivity index (χ1v) is 12.3. The van der Waals surface area contributed by atoms with E-state index in [-0.39, 0.29) is 35.8 Å². The maximum Gasteiger partial charge on any atom is 0.306 e. The predicted octanol–water partition coefficient (Wildman–Crippen LogP) is 4.46. The lowest BCUT2D eigenvalue weighted by molar-refractivity contribution is -0.144. The maximum absolute atomic E-state index is 13.5. The van der Waals surface area contributed by atoms with Crippen LogP contribution in [-0.2, 0) is 26.0 Å². The highest BCUT2D eigenvalue weighted by Gasteiger charge is 2.45. The molecule has 2 atom stereocenters. The Morgan fingerprint density at radius 2 is 1.83 bits per heavy atom. The number of sulfonamides is 1. The van der Waals surface area contributed by atoms with Crippen molar-refractivity contribution in [1.29, 1.82) is 0 Å². The number of nitrogens with zero attached hydrogens (tertiary/aromatic N) is 1. The van der Waals surface area contributed by atoms with Gasteiger partial charge >= 0.3 is 5.97 Å². The number of carbonyl (C=O) groups excluding carboxylic acids is 1. The molecule has 0 N–H and O–H groups in total. The molecule has 0 unspecified atom stereocenters. The predicted molar refractivity (Wildman–Crippen MR) is 121 cm³/mol. The first-order chi connectivity index (χ1) is 14.4. The molecular weight excluding hydrogens is 466 g/mol. The summed E-state index contributed by atoms with van der Waals surface area (Å²) < 4.78 is 33.8. The average molecular weight is 492 g/mol. The van der Waals surface area contributed by atoms with Crippen LogP contribution in [0.3, 0.4) is 0 Å². The third kappa shape index (κ3) is 5.02. The molecule has 1 saturated heterocycles. The molecule has 0 aromatic heterocycles. The van der Waals surface area contributed by atoms with Crippen LogP contribution >= 0.6 is 15.9 Å². The van der Waals surface area contributed by atoms with Gasteiger partial charge in [0.25, 0.3) is 0 Å². The van der Waals surface area contributed by atoms with Crippen molar-refractivity contribution in [2.45, 2.75) is 37.6 Å². The van der Waals surface area contributed by atoms with Gasteiger partial charge in [-0.3, -0.25) is 4.79 Å². The van der Waals surface area contributed by atoms with Gasteiger partial charge < -0.3 is 4.74 Å². The quantitative estimate of drug-likeness (QED) is 0.536. The Hall–Kier alpha value is -1.96. The van der Waals surface area contributed by atoms with Crippen molar-refractivity contribution in [3.05, 3.63) is 76.3 Å². The Labute approximate surface area is 186 Å². The number of ether oxygens (including phenoxy) is 1. The van der Waals surface area contributed by atoms with Gasteiger partial charge in [-0.15, -0.1) is 0 Å². The molecule has 30 heavy (non-hydrogen) atoms. The molecule has 2 aromatic carbocycles. The molecule has 3 rings (SSSR count). The smallest absolute Gasteiger partial charge is 0.306 e. The van der Waals surface area contributed by atoms with Crippen LogP contribution in [0, 0.1) is 12.8 Å². The molecule has 0 saturated carbocycles. The van der Waals surface area contributed by atoms with Crippen molar-refractivity contribution >= 4 is 31.9 Å². The molecule has 0 spiro atoms. The van der Waals surface area contributed by atoms with E-state index < -0.39 is 10.0 Å². The zero-order chi connectivity index (χ0) is 21.7. The van der Waals surface area contributed by atoms with Crippen LogP contribution in [0.1, 0.15) is 24.5 Å². The summed E-state index contributed by atoms with van der Waals surface area (Å²) in [6, 6.07) is 16.3. The van der Waals surface area contributed by atoms with Crippen LogP contribution in [0.5, 0.6) is 0 Å². The number of rotatable bonds is 7. The van der Waals surface area contributed by atoms with Crippen LogP contribution in [0.4, 0.5) is 0 Å². The Bertz CT molecular complexity index is 1000. The topological polar surface area (TPSA) is 63.7 Å². The summed E-state index contributed by atoms with van der Waals surface area (Å²) in [6.45, 7) is 4.23. The Morgan fingerprint density at radius 3 is 2.43 bits per heavy atom. The normalized spacial score (nSPS) is 21.1. The molecule has 7 heteroatoms. The Balaban J connectivity index is 2.01. The standard InChI is InChI=1S/C23H26BrNO4S/c1-3-29-23(26)14-21-19(15-24)16-25(22(21)13-18-7-5-4-6-8-18)30(27,28)20-11-9-17(2)10-12-20/h4-12,15,21-22H,3,13-14,16H2,1-2H3/b19-15-/t21-,22+/m1/s1. The maximum atomic E-state index is 13.5. The molecule has 160 valence electrons. The summed E-state index contributed by atoms with van der Waals surface area (Å²) in [5, 5.41) is 0. The molecule has 1 heterocycles. The van der Waals surface area contributed by atoms with E-state index in [1.807, 2.05) is 37.3 Å². The first kappa shape index (κ1) is 22.7. The van der Waals surface area contributed by atoms with E-state index in [0.29, 0.717) is 13.0 Å². The Morgan fingerprint density at radius 1 is 1.17 bits per heavy atom. The lowest BCUT2D eigenvalue weighted by Gasteiger charge is -2.27. The second-order valence-corrected chi connectivity index (χ2v) is 9.77. The minimum Gasteiger partial charge on any atom is -0.466 e. The molecule has 1 fully saturated rings. The number of halogens is 1. The molecular formula is C23H26BrNO4S. The highest BCUT2D eigenvalue weighted by atomic mass is 79.9. The lowest BCUT2D eigenvalue weighted by atomic mass is 9.89. The number of carbonyl (C=O) groups is 1. The van der Waals surface area contributed by atoms with Gasteiger partial charge in [-0.25, -0.2) is 8.42 Å². The van der Waals surface area contributed by atoms with Crippen molar-refractivity contribution < 1.29 is 17.9 Å². The summed E-state index contributed by atoms with van der Waals surface area (Å²) in [5.74, 6) is -0.578. The summed E-state index contributed by atoms with van der Waals surface area (Å²) >= 11 is 3.38. The van der Waals surface area contributed by atoms with Gasteiger partial charge in [-0.2, -0.15) is 4.31 Å². The summed E-state index contributed by atoms with van der Waals surface area (Å²) in [7, 11) is -3.73. The van der Waals surface area contributed by atoms with E-state index in [0.717, 1.165) is 16.7 Å². The van der Waals surface area contributed by atoms with E-state index in [1.54, 1.807) is 36.2 Å². The summed E-state index contributed by atoms with van der Waals surface area (Å²) in [4.78, 5) is 14.3. The summed E-state index contributed by atoms with van der Waals surface area (Å²) in [5.41, 5.74) is 2.90. The second-order valence-electron chi connectivity index (χ2n) is 7.42. The monoisotopic (exact) mass is 491 g/mol. The number of hydrogen-bond donors (Lipinski definition) is 0. The van der Waals surface area contributed by atoms with Gasteiger partial charge in [-0.05, 0) is 48.5 Å². The van der Waals surface area contributed by atoms with Crippen LogP contribution in [0.2, 0.25) is 0 Å². The molecule has 1 aliphatic rings. The van der Waals surface area contributed by atoms with Crippen LogP contribution < -0.4 is 0 Å². The van der Waals surface area contributed by atoms with E-state index in [4.69, 9.17) is 4.74 Å². The zero-order valence-electron chi connectivity index (χ0n) is 17.1. The van der Waals surface area contributed by atoms with Gasteiger partial charge in [0, 0.05) is 18.5 Å². The minimum absolute atomic E-state index is 0.142. The molecule has 0 bridgehead atoms. The fourth-order valence-electron chi connectivity index (χ4n) is 3.85. The molecule has 2 aromatic rings. The van der Waals surface area contributed by atoms with Crippen LogP contribution in [0.15, 0.2) is 70.1 Å². The number of esters is 1.